The molecule has 0 saturated carbocycles. The molecule has 0 saturated heterocycles. The average Bonchev–Trinajstić information content (AvgIpc) is 2.84. The normalized spacial score (nSPS) is 12.4. The van der Waals surface area contributed by atoms with Crippen molar-refractivity contribution >= 4 is 5.82 Å². The second-order valence-electron chi connectivity index (χ2n) is 3.84. The molecule has 1 aromatic heterocycles. The summed E-state index contributed by atoms with van der Waals surface area (Å²) < 4.78 is 10.5. The molecule has 6 heteroatoms. The number of hydrogen-bond donors (Lipinski definition) is 2. The van der Waals surface area contributed by atoms with Crippen molar-refractivity contribution in [3.05, 3.63) is 46.5 Å². The van der Waals surface area contributed by atoms with Gasteiger partial charge in [-0.05, 0) is 17.7 Å². The Morgan fingerprint density at radius 3 is 3.06 bits per heavy atom. The molecule has 1 aliphatic heterocycles. The molecule has 2 aromatic rings. The molecule has 2 N–H and O–H groups in total. The smallest absolute Gasteiger partial charge is 0.252 e. The standard InChI is InChI=1S/C12H11N3O3/c16-12-4-11(14-6-15-12)13-5-8-1-2-9-10(3-8)18-7-17-9/h1-4,6H,5,7H2,(H2,13,14,15,16). The Balaban J connectivity index is 1.72. The van der Waals surface area contributed by atoms with Gasteiger partial charge < -0.3 is 19.8 Å². The van der Waals surface area contributed by atoms with Gasteiger partial charge in [0.05, 0.1) is 6.33 Å². The predicted molar refractivity (Wildman–Crippen MR) is 64.7 cm³/mol. The van der Waals surface area contributed by atoms with Crippen molar-refractivity contribution in [1.82, 2.24) is 9.97 Å². The van der Waals surface area contributed by atoms with Gasteiger partial charge in [-0.1, -0.05) is 6.07 Å². The molecule has 0 spiro atoms. The molecular formula is C12H11N3O3. The molecule has 3 rings (SSSR count). The summed E-state index contributed by atoms with van der Waals surface area (Å²) >= 11 is 0. The van der Waals surface area contributed by atoms with Gasteiger partial charge in [0.1, 0.15) is 5.82 Å². The molecule has 0 fully saturated rings. The maximum atomic E-state index is 11.1. The molecule has 1 aliphatic rings. The van der Waals surface area contributed by atoms with Crippen LogP contribution in [-0.4, -0.2) is 16.8 Å². The lowest BCUT2D eigenvalue weighted by atomic mass is 10.2. The molecule has 18 heavy (non-hydrogen) atoms. The predicted octanol–water partition coefficient (Wildman–Crippen LogP) is 1.11. The average molecular weight is 245 g/mol. The van der Waals surface area contributed by atoms with E-state index < -0.39 is 0 Å². The van der Waals surface area contributed by atoms with E-state index in [-0.39, 0.29) is 12.4 Å². The van der Waals surface area contributed by atoms with Crippen LogP contribution < -0.4 is 20.3 Å². The third-order valence-electron chi connectivity index (χ3n) is 2.59. The van der Waals surface area contributed by atoms with Crippen LogP contribution in [0.2, 0.25) is 0 Å². The summed E-state index contributed by atoms with van der Waals surface area (Å²) in [6.45, 7) is 0.828. The Hall–Kier alpha value is -2.50. The molecule has 0 amide bonds. The summed E-state index contributed by atoms with van der Waals surface area (Å²) in [6.07, 6.45) is 1.37. The largest absolute Gasteiger partial charge is 0.454 e. The lowest BCUT2D eigenvalue weighted by molar-refractivity contribution is 0.174. The number of nitrogens with one attached hydrogen (secondary N) is 2. The molecule has 0 aliphatic carbocycles. The van der Waals surface area contributed by atoms with Gasteiger partial charge in [0.15, 0.2) is 11.5 Å². The Morgan fingerprint density at radius 2 is 2.17 bits per heavy atom. The SMILES string of the molecule is O=c1cc(NCc2ccc3c(c2)OCO3)nc[nH]1. The van der Waals surface area contributed by atoms with E-state index in [2.05, 4.69) is 15.3 Å². The summed E-state index contributed by atoms with van der Waals surface area (Å²) in [5.74, 6) is 2.04. The number of H-pyrrole nitrogens is 1. The Bertz CT molecular complexity index is 624. The van der Waals surface area contributed by atoms with Gasteiger partial charge >= 0.3 is 0 Å². The Kier molecular flexibility index (Phi) is 2.60. The summed E-state index contributed by atoms with van der Waals surface area (Å²) in [4.78, 5) is 17.5. The van der Waals surface area contributed by atoms with Crippen LogP contribution in [0.1, 0.15) is 5.56 Å². The monoisotopic (exact) mass is 245 g/mol. The third-order valence-corrected chi connectivity index (χ3v) is 2.59. The van der Waals surface area contributed by atoms with Crippen LogP contribution in [0, 0.1) is 0 Å². The van der Waals surface area contributed by atoms with E-state index in [0.29, 0.717) is 12.4 Å². The lowest BCUT2D eigenvalue weighted by Gasteiger charge is -2.05. The zero-order valence-electron chi connectivity index (χ0n) is 9.47. The summed E-state index contributed by atoms with van der Waals surface area (Å²) in [6, 6.07) is 7.12. The van der Waals surface area contributed by atoms with Crippen LogP contribution in [0.3, 0.4) is 0 Å². The van der Waals surface area contributed by atoms with Crippen LogP contribution in [0.15, 0.2) is 35.4 Å². The highest BCUT2D eigenvalue weighted by Crippen LogP contribution is 2.32. The zero-order chi connectivity index (χ0) is 12.4. The van der Waals surface area contributed by atoms with Crippen LogP contribution in [0.5, 0.6) is 11.5 Å². The first-order valence-corrected chi connectivity index (χ1v) is 5.48. The van der Waals surface area contributed by atoms with Crippen LogP contribution >= 0.6 is 0 Å². The molecule has 1 aromatic carbocycles. The highest BCUT2D eigenvalue weighted by atomic mass is 16.7. The third kappa shape index (κ3) is 2.13. The minimum absolute atomic E-state index is 0.182. The molecule has 0 radical (unpaired) electrons. The fraction of sp³-hybridized carbons (Fsp3) is 0.167. The lowest BCUT2D eigenvalue weighted by Crippen LogP contribution is -2.08. The van der Waals surface area contributed by atoms with Crippen LogP contribution in [0.25, 0.3) is 0 Å². The minimum Gasteiger partial charge on any atom is -0.454 e. The van der Waals surface area contributed by atoms with Gasteiger partial charge in [-0.3, -0.25) is 4.79 Å². The Labute approximate surface area is 103 Å². The van der Waals surface area contributed by atoms with Crippen molar-refractivity contribution < 1.29 is 9.47 Å². The Morgan fingerprint density at radius 1 is 1.28 bits per heavy atom. The van der Waals surface area contributed by atoms with E-state index in [1.54, 1.807) is 0 Å². The highest BCUT2D eigenvalue weighted by Gasteiger charge is 2.12. The number of aromatic amines is 1. The van der Waals surface area contributed by atoms with Crippen molar-refractivity contribution in [2.24, 2.45) is 0 Å². The van der Waals surface area contributed by atoms with Gasteiger partial charge in [-0.25, -0.2) is 4.98 Å². The number of aromatic nitrogens is 2. The molecule has 0 atom stereocenters. The van der Waals surface area contributed by atoms with Crippen molar-refractivity contribution in [3.63, 3.8) is 0 Å². The fourth-order valence-corrected chi connectivity index (χ4v) is 1.71. The van der Waals surface area contributed by atoms with Crippen molar-refractivity contribution in [2.75, 3.05) is 12.1 Å². The summed E-state index contributed by atoms with van der Waals surface area (Å²) in [5, 5.41) is 3.07. The van der Waals surface area contributed by atoms with E-state index in [9.17, 15) is 4.79 Å². The van der Waals surface area contributed by atoms with E-state index in [1.807, 2.05) is 18.2 Å². The number of ether oxygens (including phenoxy) is 2. The quantitative estimate of drug-likeness (QED) is 0.847. The molecular weight excluding hydrogens is 234 g/mol. The van der Waals surface area contributed by atoms with Crippen LogP contribution in [-0.2, 0) is 6.54 Å². The maximum absolute atomic E-state index is 11.1. The number of anilines is 1. The number of nitrogens with zero attached hydrogens (tertiary/aromatic N) is 1. The molecule has 0 unspecified atom stereocenters. The first-order valence-electron chi connectivity index (χ1n) is 5.48. The van der Waals surface area contributed by atoms with Gasteiger partial charge in [0.25, 0.3) is 5.56 Å². The minimum atomic E-state index is -0.182. The summed E-state index contributed by atoms with van der Waals surface area (Å²) in [7, 11) is 0. The second-order valence-corrected chi connectivity index (χ2v) is 3.84. The molecule has 6 nitrogen and oxygen atoms in total. The van der Waals surface area contributed by atoms with E-state index in [0.717, 1.165) is 17.1 Å². The van der Waals surface area contributed by atoms with Crippen molar-refractivity contribution in [1.29, 1.82) is 0 Å². The molecule has 92 valence electrons. The number of fused-ring (bicyclic) bond motifs is 1. The molecule has 2 heterocycles. The van der Waals surface area contributed by atoms with Gasteiger partial charge in [-0.2, -0.15) is 0 Å². The van der Waals surface area contributed by atoms with Crippen LogP contribution in [0.4, 0.5) is 5.82 Å². The molecule has 0 bridgehead atoms. The maximum Gasteiger partial charge on any atom is 0.252 e. The van der Waals surface area contributed by atoms with E-state index in [1.165, 1.54) is 12.4 Å². The van der Waals surface area contributed by atoms with Crippen molar-refractivity contribution in [2.45, 2.75) is 6.54 Å². The van der Waals surface area contributed by atoms with E-state index in [4.69, 9.17) is 9.47 Å². The van der Waals surface area contributed by atoms with E-state index >= 15 is 0 Å². The van der Waals surface area contributed by atoms with Gasteiger partial charge in [0, 0.05) is 12.6 Å². The first kappa shape index (κ1) is 10.6. The number of rotatable bonds is 3. The summed E-state index contributed by atoms with van der Waals surface area (Å²) in [5.41, 5.74) is 0.847. The van der Waals surface area contributed by atoms with Gasteiger partial charge in [-0.15, -0.1) is 0 Å². The highest BCUT2D eigenvalue weighted by molar-refractivity contribution is 5.45. The van der Waals surface area contributed by atoms with Gasteiger partial charge in [0.2, 0.25) is 6.79 Å². The van der Waals surface area contributed by atoms with Crippen molar-refractivity contribution in [3.8, 4) is 11.5 Å². The topological polar surface area (TPSA) is 76.2 Å². The number of benzene rings is 1. The fourth-order valence-electron chi connectivity index (χ4n) is 1.71. The second kappa shape index (κ2) is 4.40. The zero-order valence-corrected chi connectivity index (χ0v) is 9.47. The first-order chi connectivity index (χ1) is 8.81. The number of hydrogen-bond acceptors (Lipinski definition) is 5.